The van der Waals surface area contributed by atoms with Gasteiger partial charge in [-0.1, -0.05) is 29.1 Å². The Hall–Kier alpha value is -1.16. The fourth-order valence-electron chi connectivity index (χ4n) is 1.70. The lowest BCUT2D eigenvalue weighted by molar-refractivity contribution is -0.137. The second-order valence-electron chi connectivity index (χ2n) is 4.08. The molecule has 0 saturated heterocycles. The SMILES string of the molecule is Cc1nn(-c2c(Cl)cc(C(F)(F)F)cc2Cl)cc1C#CBr. The average molecular weight is 398 g/mol. The maximum Gasteiger partial charge on any atom is 0.416 e. The number of aromatic nitrogens is 2. The second-order valence-corrected chi connectivity index (χ2v) is 5.29. The Morgan fingerprint density at radius 2 is 1.81 bits per heavy atom. The van der Waals surface area contributed by atoms with Gasteiger partial charge in [0.2, 0.25) is 0 Å². The molecule has 0 atom stereocenters. The Morgan fingerprint density at radius 1 is 1.24 bits per heavy atom. The van der Waals surface area contributed by atoms with Crippen LogP contribution < -0.4 is 0 Å². The number of hydrogen-bond acceptors (Lipinski definition) is 1. The maximum absolute atomic E-state index is 12.7. The summed E-state index contributed by atoms with van der Waals surface area (Å²) in [6, 6.07) is 1.63. The molecule has 1 aromatic heterocycles. The lowest BCUT2D eigenvalue weighted by Crippen LogP contribution is -2.07. The lowest BCUT2D eigenvalue weighted by Gasteiger charge is -2.12. The zero-order valence-electron chi connectivity index (χ0n) is 10.4. The van der Waals surface area contributed by atoms with E-state index in [0.29, 0.717) is 11.3 Å². The molecule has 0 fully saturated rings. The van der Waals surface area contributed by atoms with Gasteiger partial charge in [-0.3, -0.25) is 0 Å². The number of halogens is 6. The molecule has 0 aliphatic heterocycles. The Labute approximate surface area is 137 Å². The van der Waals surface area contributed by atoms with Gasteiger partial charge in [-0.05, 0) is 23.9 Å². The van der Waals surface area contributed by atoms with Gasteiger partial charge in [0, 0.05) is 22.1 Å². The van der Waals surface area contributed by atoms with Crippen molar-refractivity contribution in [3.8, 4) is 16.4 Å². The first kappa shape index (κ1) is 16.2. The molecule has 110 valence electrons. The fraction of sp³-hybridized carbons (Fsp3) is 0.154. The Balaban J connectivity index is 2.59. The first-order valence-electron chi connectivity index (χ1n) is 5.48. The van der Waals surface area contributed by atoms with Crippen LogP contribution in [0.2, 0.25) is 10.0 Å². The molecule has 0 saturated carbocycles. The van der Waals surface area contributed by atoms with Gasteiger partial charge in [-0.15, -0.1) is 0 Å². The van der Waals surface area contributed by atoms with Gasteiger partial charge in [0.05, 0.1) is 26.9 Å². The van der Waals surface area contributed by atoms with Crippen molar-refractivity contribution in [2.75, 3.05) is 0 Å². The zero-order chi connectivity index (χ0) is 15.8. The smallest absolute Gasteiger partial charge is 0.236 e. The van der Waals surface area contributed by atoms with E-state index in [9.17, 15) is 13.2 Å². The second kappa shape index (κ2) is 5.91. The minimum atomic E-state index is -4.52. The van der Waals surface area contributed by atoms with E-state index in [1.165, 1.54) is 4.68 Å². The molecule has 2 aromatic rings. The predicted molar refractivity (Wildman–Crippen MR) is 79.1 cm³/mol. The maximum atomic E-state index is 12.7. The molecule has 1 aromatic carbocycles. The Kier molecular flexibility index (Phi) is 4.57. The van der Waals surface area contributed by atoms with E-state index in [2.05, 4.69) is 31.8 Å². The third kappa shape index (κ3) is 3.37. The topological polar surface area (TPSA) is 17.8 Å². The summed E-state index contributed by atoms with van der Waals surface area (Å²) >= 11 is 14.8. The van der Waals surface area contributed by atoms with Gasteiger partial charge in [0.25, 0.3) is 0 Å². The third-order valence-electron chi connectivity index (χ3n) is 2.65. The molecule has 2 nitrogen and oxygen atoms in total. The molecule has 0 unspecified atom stereocenters. The van der Waals surface area contributed by atoms with Crippen LogP contribution in [0.5, 0.6) is 0 Å². The number of alkyl halides is 3. The monoisotopic (exact) mass is 396 g/mol. The van der Waals surface area contributed by atoms with Crippen molar-refractivity contribution in [2.45, 2.75) is 13.1 Å². The summed E-state index contributed by atoms with van der Waals surface area (Å²) in [7, 11) is 0. The number of nitrogens with zero attached hydrogens (tertiary/aromatic N) is 2. The standard InChI is InChI=1S/C13H6BrCl2F3N2/c1-7-8(2-3-14)6-21(20-7)12-10(15)4-9(5-11(12)16)13(17,18)19/h4-6H,1H3. The minimum Gasteiger partial charge on any atom is -0.236 e. The zero-order valence-corrected chi connectivity index (χ0v) is 13.5. The predicted octanol–water partition coefficient (Wildman–Crippen LogP) is 5.21. The third-order valence-corrected chi connectivity index (χ3v) is 3.43. The first-order valence-corrected chi connectivity index (χ1v) is 7.03. The molecule has 0 spiro atoms. The van der Waals surface area contributed by atoms with Crippen molar-refractivity contribution in [1.82, 2.24) is 9.78 Å². The molecular weight excluding hydrogens is 392 g/mol. The summed E-state index contributed by atoms with van der Waals surface area (Å²) in [6.45, 7) is 1.72. The number of aryl methyl sites for hydroxylation is 1. The minimum absolute atomic E-state index is 0.143. The summed E-state index contributed by atoms with van der Waals surface area (Å²) in [4.78, 5) is 2.54. The van der Waals surface area contributed by atoms with Crippen molar-refractivity contribution in [2.24, 2.45) is 0 Å². The summed E-state index contributed by atoms with van der Waals surface area (Å²) in [5, 5.41) is 3.87. The van der Waals surface area contributed by atoms with Crippen LogP contribution in [0, 0.1) is 17.7 Å². The van der Waals surface area contributed by atoms with E-state index in [1.807, 2.05) is 0 Å². The van der Waals surface area contributed by atoms with E-state index in [1.54, 1.807) is 13.1 Å². The number of rotatable bonds is 1. The van der Waals surface area contributed by atoms with Gasteiger partial charge < -0.3 is 0 Å². The summed E-state index contributed by atoms with van der Waals surface area (Å²) in [5.41, 5.74) is 0.482. The molecule has 1 heterocycles. The van der Waals surface area contributed by atoms with Crippen LogP contribution in [0.4, 0.5) is 13.2 Å². The normalized spacial score (nSPS) is 11.2. The van der Waals surface area contributed by atoms with E-state index in [-0.39, 0.29) is 15.7 Å². The van der Waals surface area contributed by atoms with E-state index >= 15 is 0 Å². The highest BCUT2D eigenvalue weighted by Gasteiger charge is 2.32. The summed E-state index contributed by atoms with van der Waals surface area (Å²) < 4.78 is 39.4. The van der Waals surface area contributed by atoms with Gasteiger partial charge in [-0.2, -0.15) is 18.3 Å². The van der Waals surface area contributed by atoms with E-state index in [0.717, 1.165) is 12.1 Å². The Bertz CT molecular complexity index is 734. The first-order chi connectivity index (χ1) is 9.74. The van der Waals surface area contributed by atoms with Gasteiger partial charge in [0.1, 0.15) is 5.69 Å². The van der Waals surface area contributed by atoms with Crippen molar-refractivity contribution in [1.29, 1.82) is 0 Å². The van der Waals surface area contributed by atoms with Crippen LogP contribution in [0.3, 0.4) is 0 Å². The van der Waals surface area contributed by atoms with Crippen LogP contribution >= 0.6 is 39.1 Å². The molecule has 21 heavy (non-hydrogen) atoms. The summed E-state index contributed by atoms with van der Waals surface area (Å²) in [5.74, 6) is 2.76. The molecule has 0 aliphatic carbocycles. The molecule has 0 aliphatic rings. The fourth-order valence-corrected chi connectivity index (χ4v) is 2.57. The lowest BCUT2D eigenvalue weighted by atomic mass is 10.2. The van der Waals surface area contributed by atoms with Crippen LogP contribution in [0.15, 0.2) is 18.3 Å². The quantitative estimate of drug-likeness (QED) is 0.604. The number of benzene rings is 1. The molecule has 0 N–H and O–H groups in total. The highest BCUT2D eigenvalue weighted by atomic mass is 79.9. The molecule has 2 rings (SSSR count). The van der Waals surface area contributed by atoms with Crippen LogP contribution in [0.25, 0.3) is 5.69 Å². The molecule has 0 radical (unpaired) electrons. The van der Waals surface area contributed by atoms with Crippen LogP contribution in [-0.4, -0.2) is 9.78 Å². The van der Waals surface area contributed by atoms with Crippen molar-refractivity contribution in [3.63, 3.8) is 0 Å². The van der Waals surface area contributed by atoms with Crippen molar-refractivity contribution < 1.29 is 13.2 Å². The number of hydrogen-bond donors (Lipinski definition) is 0. The molecule has 8 heteroatoms. The molecule has 0 amide bonds. The van der Waals surface area contributed by atoms with Crippen molar-refractivity contribution >= 4 is 39.1 Å². The van der Waals surface area contributed by atoms with E-state index < -0.39 is 11.7 Å². The molecule has 0 bridgehead atoms. The highest BCUT2D eigenvalue weighted by molar-refractivity contribution is 9.12. The highest BCUT2D eigenvalue weighted by Crippen LogP contribution is 2.37. The van der Waals surface area contributed by atoms with E-state index in [4.69, 9.17) is 23.2 Å². The van der Waals surface area contributed by atoms with Crippen molar-refractivity contribution in [3.05, 3.63) is 45.2 Å². The van der Waals surface area contributed by atoms with Gasteiger partial charge in [-0.25, -0.2) is 4.68 Å². The largest absolute Gasteiger partial charge is 0.416 e. The van der Waals surface area contributed by atoms with Gasteiger partial charge in [0.15, 0.2) is 0 Å². The molecular formula is C13H6BrCl2F3N2. The van der Waals surface area contributed by atoms with Crippen LogP contribution in [-0.2, 0) is 6.18 Å². The Morgan fingerprint density at radius 3 is 2.29 bits per heavy atom. The average Bonchev–Trinajstić information content (AvgIpc) is 2.69. The summed E-state index contributed by atoms with van der Waals surface area (Å²) in [6.07, 6.45) is -2.97. The van der Waals surface area contributed by atoms with Gasteiger partial charge >= 0.3 is 6.18 Å². The van der Waals surface area contributed by atoms with Crippen LogP contribution in [0.1, 0.15) is 16.8 Å².